The lowest BCUT2D eigenvalue weighted by molar-refractivity contribution is 0.407. The maximum Gasteiger partial charge on any atom is 0.114 e. The summed E-state index contributed by atoms with van der Waals surface area (Å²) in [5.74, 6) is 2.18. The quantitative estimate of drug-likeness (QED) is 0.887. The molecule has 1 aromatic rings. The normalized spacial score (nSPS) is 20.8. The zero-order valence-electron chi connectivity index (χ0n) is 12.6. The molecule has 0 atom stereocenters. The summed E-state index contributed by atoms with van der Waals surface area (Å²) in [7, 11) is 0. The summed E-state index contributed by atoms with van der Waals surface area (Å²) < 4.78 is 2.58. The molecule has 0 amide bonds. The van der Waals surface area contributed by atoms with Crippen LogP contribution < -0.4 is 5.32 Å². The number of hydrogen-bond donors (Lipinski definition) is 1. The molecule has 19 heavy (non-hydrogen) atoms. The topological polar surface area (TPSA) is 29.9 Å². The van der Waals surface area contributed by atoms with Crippen LogP contribution in [0.25, 0.3) is 0 Å². The van der Waals surface area contributed by atoms with Crippen LogP contribution in [0.1, 0.15) is 63.7 Å². The van der Waals surface area contributed by atoms with E-state index in [0.29, 0.717) is 0 Å². The van der Waals surface area contributed by atoms with Gasteiger partial charge in [0.1, 0.15) is 5.82 Å². The first-order valence-electron chi connectivity index (χ1n) is 7.85. The summed E-state index contributed by atoms with van der Waals surface area (Å²) in [6.07, 6.45) is 6.82. The molecule has 3 rings (SSSR count). The van der Waals surface area contributed by atoms with Crippen molar-refractivity contribution in [1.29, 1.82) is 0 Å². The van der Waals surface area contributed by atoms with Crippen molar-refractivity contribution in [3.05, 3.63) is 17.2 Å². The maximum absolute atomic E-state index is 4.96. The molecular formula is C16H27N3. The third-order valence-corrected chi connectivity index (χ3v) is 4.57. The van der Waals surface area contributed by atoms with Gasteiger partial charge in [-0.15, -0.1) is 0 Å². The summed E-state index contributed by atoms with van der Waals surface area (Å²) in [4.78, 5) is 4.96. The fraction of sp³-hybridized carbons (Fsp3) is 0.812. The molecule has 0 saturated heterocycles. The number of rotatable bonds is 2. The molecule has 0 unspecified atom stereocenters. The first-order chi connectivity index (χ1) is 9.05. The SMILES string of the molecule is CC(C)(C)c1nc2c(n1CC1CCCC1)CCNC2. The molecule has 1 N–H and O–H groups in total. The van der Waals surface area contributed by atoms with Gasteiger partial charge in [0, 0.05) is 37.2 Å². The summed E-state index contributed by atoms with van der Waals surface area (Å²) in [5.41, 5.74) is 2.96. The lowest BCUT2D eigenvalue weighted by atomic mass is 9.95. The molecule has 0 radical (unpaired) electrons. The van der Waals surface area contributed by atoms with Crippen molar-refractivity contribution >= 4 is 0 Å². The molecule has 0 aromatic carbocycles. The molecule has 1 aromatic heterocycles. The second-order valence-corrected chi connectivity index (χ2v) is 7.27. The van der Waals surface area contributed by atoms with E-state index in [2.05, 4.69) is 30.7 Å². The monoisotopic (exact) mass is 261 g/mol. The summed E-state index contributed by atoms with van der Waals surface area (Å²) in [5, 5.41) is 3.45. The maximum atomic E-state index is 4.96. The van der Waals surface area contributed by atoms with Gasteiger partial charge in [0.15, 0.2) is 0 Å². The van der Waals surface area contributed by atoms with E-state index in [1.165, 1.54) is 49.4 Å². The van der Waals surface area contributed by atoms with E-state index in [1.54, 1.807) is 0 Å². The van der Waals surface area contributed by atoms with Crippen LogP contribution in [0, 0.1) is 5.92 Å². The van der Waals surface area contributed by atoms with Crippen molar-refractivity contribution in [2.75, 3.05) is 6.54 Å². The molecule has 1 aliphatic heterocycles. The van der Waals surface area contributed by atoms with Crippen molar-refractivity contribution in [3.63, 3.8) is 0 Å². The highest BCUT2D eigenvalue weighted by molar-refractivity contribution is 5.23. The van der Waals surface area contributed by atoms with E-state index >= 15 is 0 Å². The molecule has 1 saturated carbocycles. The molecular weight excluding hydrogens is 234 g/mol. The second kappa shape index (κ2) is 4.93. The van der Waals surface area contributed by atoms with Gasteiger partial charge in [-0.05, 0) is 18.8 Å². The molecule has 3 heteroatoms. The molecule has 106 valence electrons. The van der Waals surface area contributed by atoms with E-state index in [0.717, 1.165) is 25.4 Å². The predicted molar refractivity (Wildman–Crippen MR) is 78.3 cm³/mol. The van der Waals surface area contributed by atoms with E-state index in [9.17, 15) is 0 Å². The summed E-state index contributed by atoms with van der Waals surface area (Å²) in [6, 6.07) is 0. The smallest absolute Gasteiger partial charge is 0.114 e. The Morgan fingerprint density at radius 1 is 1.26 bits per heavy atom. The molecule has 0 spiro atoms. The number of nitrogens with one attached hydrogen (secondary N) is 1. The number of aromatic nitrogens is 2. The molecule has 3 nitrogen and oxygen atoms in total. The van der Waals surface area contributed by atoms with Crippen LogP contribution >= 0.6 is 0 Å². The van der Waals surface area contributed by atoms with Gasteiger partial charge in [-0.3, -0.25) is 0 Å². The first kappa shape index (κ1) is 13.2. The zero-order valence-corrected chi connectivity index (χ0v) is 12.6. The van der Waals surface area contributed by atoms with Crippen molar-refractivity contribution in [2.45, 2.75) is 71.4 Å². The minimum atomic E-state index is 0.149. The first-order valence-corrected chi connectivity index (χ1v) is 7.85. The van der Waals surface area contributed by atoms with Crippen molar-refractivity contribution in [3.8, 4) is 0 Å². The lowest BCUT2D eigenvalue weighted by Crippen LogP contribution is -2.26. The van der Waals surface area contributed by atoms with Crippen LogP contribution in [0.15, 0.2) is 0 Å². The van der Waals surface area contributed by atoms with Crippen LogP contribution in [-0.2, 0) is 24.9 Å². The zero-order chi connectivity index (χ0) is 13.5. The Hall–Kier alpha value is -0.830. The largest absolute Gasteiger partial charge is 0.331 e. The summed E-state index contributed by atoms with van der Waals surface area (Å²) >= 11 is 0. The van der Waals surface area contributed by atoms with Crippen LogP contribution in [0.2, 0.25) is 0 Å². The van der Waals surface area contributed by atoms with Gasteiger partial charge in [0.2, 0.25) is 0 Å². The number of hydrogen-bond acceptors (Lipinski definition) is 2. The van der Waals surface area contributed by atoms with Crippen molar-refractivity contribution < 1.29 is 0 Å². The molecule has 0 bridgehead atoms. The van der Waals surface area contributed by atoms with Gasteiger partial charge < -0.3 is 9.88 Å². The third kappa shape index (κ3) is 2.58. The Balaban J connectivity index is 1.96. The number of imidazole rings is 1. The van der Waals surface area contributed by atoms with Gasteiger partial charge in [-0.25, -0.2) is 4.98 Å². The van der Waals surface area contributed by atoms with E-state index in [-0.39, 0.29) is 5.41 Å². The Kier molecular flexibility index (Phi) is 3.42. The van der Waals surface area contributed by atoms with Crippen LogP contribution in [0.3, 0.4) is 0 Å². The molecule has 2 aliphatic rings. The third-order valence-electron chi connectivity index (χ3n) is 4.57. The van der Waals surface area contributed by atoms with E-state index in [4.69, 9.17) is 4.98 Å². The Labute approximate surface area is 116 Å². The summed E-state index contributed by atoms with van der Waals surface area (Å²) in [6.45, 7) is 10.1. The fourth-order valence-corrected chi connectivity index (χ4v) is 3.59. The van der Waals surface area contributed by atoms with Crippen LogP contribution in [0.4, 0.5) is 0 Å². The van der Waals surface area contributed by atoms with Gasteiger partial charge >= 0.3 is 0 Å². The average molecular weight is 261 g/mol. The molecule has 2 heterocycles. The highest BCUT2D eigenvalue weighted by Crippen LogP contribution is 2.31. The van der Waals surface area contributed by atoms with Crippen molar-refractivity contribution in [2.24, 2.45) is 5.92 Å². The average Bonchev–Trinajstić information content (AvgIpc) is 2.97. The highest BCUT2D eigenvalue weighted by Gasteiger charge is 2.28. The molecule has 1 fully saturated rings. The van der Waals surface area contributed by atoms with Crippen LogP contribution in [0.5, 0.6) is 0 Å². The molecule has 1 aliphatic carbocycles. The van der Waals surface area contributed by atoms with Crippen molar-refractivity contribution in [1.82, 2.24) is 14.9 Å². The minimum Gasteiger partial charge on any atom is -0.331 e. The van der Waals surface area contributed by atoms with Crippen LogP contribution in [-0.4, -0.2) is 16.1 Å². The fourth-order valence-electron chi connectivity index (χ4n) is 3.59. The van der Waals surface area contributed by atoms with E-state index in [1.807, 2.05) is 0 Å². The van der Waals surface area contributed by atoms with E-state index < -0.39 is 0 Å². The second-order valence-electron chi connectivity index (χ2n) is 7.27. The Morgan fingerprint density at radius 2 is 2.00 bits per heavy atom. The standard InChI is InChI=1S/C16H27N3/c1-16(2,3)15-18-13-10-17-9-8-14(13)19(15)11-12-6-4-5-7-12/h12,17H,4-11H2,1-3H3. The number of fused-ring (bicyclic) bond motifs is 1. The Bertz CT molecular complexity index is 447. The predicted octanol–water partition coefficient (Wildman–Crippen LogP) is 3.02. The number of nitrogens with zero attached hydrogens (tertiary/aromatic N) is 2. The minimum absolute atomic E-state index is 0.149. The van der Waals surface area contributed by atoms with Gasteiger partial charge in [0.05, 0.1) is 5.69 Å². The van der Waals surface area contributed by atoms with Gasteiger partial charge in [-0.1, -0.05) is 33.6 Å². The Morgan fingerprint density at radius 3 is 2.68 bits per heavy atom. The van der Waals surface area contributed by atoms with Gasteiger partial charge in [0.25, 0.3) is 0 Å². The highest BCUT2D eigenvalue weighted by atomic mass is 15.1. The van der Waals surface area contributed by atoms with Gasteiger partial charge in [-0.2, -0.15) is 0 Å². The lowest BCUT2D eigenvalue weighted by Gasteiger charge is -2.24.